The Morgan fingerprint density at radius 2 is 1.85 bits per heavy atom. The van der Waals surface area contributed by atoms with Gasteiger partial charge in [-0.1, -0.05) is 65.3 Å². The van der Waals surface area contributed by atoms with Gasteiger partial charge in [0.1, 0.15) is 11.9 Å². The third kappa shape index (κ3) is 6.58. The van der Waals surface area contributed by atoms with Gasteiger partial charge in [-0.05, 0) is 58.3 Å². The van der Waals surface area contributed by atoms with Crippen molar-refractivity contribution in [3.05, 3.63) is 81.3 Å². The second-order valence-corrected chi connectivity index (χ2v) is 9.37. The maximum atomic E-state index is 12.9. The summed E-state index contributed by atoms with van der Waals surface area (Å²) in [6.07, 6.45) is 2.24. The van der Waals surface area contributed by atoms with Crippen molar-refractivity contribution in [3.63, 3.8) is 0 Å². The molecule has 0 aromatic heterocycles. The summed E-state index contributed by atoms with van der Waals surface area (Å²) in [5.74, 6) is -1.25. The molecule has 0 aliphatic carbocycles. The zero-order chi connectivity index (χ0) is 24.0. The number of hydrogen-bond acceptors (Lipinski definition) is 4. The number of phenols is 1. The molecule has 0 saturated heterocycles. The third-order valence-corrected chi connectivity index (χ3v) is 6.25. The van der Waals surface area contributed by atoms with Crippen LogP contribution in [0.3, 0.4) is 0 Å². The average molecular weight is 577 g/mol. The van der Waals surface area contributed by atoms with Crippen LogP contribution >= 0.6 is 31.9 Å². The molecule has 0 aliphatic heterocycles. The number of anilines is 1. The molecule has 3 N–H and O–H groups in total. The van der Waals surface area contributed by atoms with Gasteiger partial charge in [0.05, 0.1) is 10.2 Å². The van der Waals surface area contributed by atoms with Crippen molar-refractivity contribution in [2.24, 2.45) is 5.92 Å². The van der Waals surface area contributed by atoms with Crippen LogP contribution in [-0.4, -0.2) is 22.3 Å². The highest BCUT2D eigenvalue weighted by atomic mass is 79.9. The molecule has 3 aromatic carbocycles. The summed E-state index contributed by atoms with van der Waals surface area (Å²) in [5, 5.41) is 24.1. The topological polar surface area (TPSA) is 95.9 Å². The van der Waals surface area contributed by atoms with Crippen LogP contribution in [0, 0.1) is 5.92 Å². The number of phenolic OH excluding ortho intramolecular Hbond substituents is 1. The zero-order valence-corrected chi connectivity index (χ0v) is 21.0. The number of hydrogen-bond donors (Lipinski definition) is 3. The van der Waals surface area contributed by atoms with Crippen molar-refractivity contribution in [1.29, 1.82) is 0 Å². The first-order valence-corrected chi connectivity index (χ1v) is 11.9. The summed E-state index contributed by atoms with van der Waals surface area (Å²) in [4.78, 5) is 23.6. The molecule has 0 radical (unpaired) electrons. The molecule has 6 nitrogen and oxygen atoms in total. The van der Waals surface area contributed by atoms with Gasteiger partial charge in [-0.2, -0.15) is 0 Å². The molecule has 3 aromatic rings. The number of carbonyl (C=O) groups is 2. The van der Waals surface area contributed by atoms with E-state index < -0.39 is 18.2 Å². The van der Waals surface area contributed by atoms with Gasteiger partial charge < -0.3 is 14.9 Å². The summed E-state index contributed by atoms with van der Waals surface area (Å²) in [5.41, 5.74) is 1.06. The maximum Gasteiger partial charge on any atom is 0.412 e. The number of aromatic hydroxyl groups is 1. The van der Waals surface area contributed by atoms with Gasteiger partial charge in [0.15, 0.2) is 0 Å². The minimum Gasteiger partial charge on any atom is -0.506 e. The Balaban J connectivity index is 1.85. The molecule has 33 heavy (non-hydrogen) atoms. The van der Waals surface area contributed by atoms with E-state index in [1.165, 1.54) is 0 Å². The fourth-order valence-electron chi connectivity index (χ4n) is 3.57. The number of aliphatic carboxylic acids is 1. The summed E-state index contributed by atoms with van der Waals surface area (Å²) in [6.45, 7) is 1.89. The number of ether oxygens (including phenoxy) is 1. The Bertz CT molecular complexity index is 1190. The molecule has 8 heteroatoms. The van der Waals surface area contributed by atoms with E-state index in [1.807, 2.05) is 43.3 Å². The first kappa shape index (κ1) is 24.8. The van der Waals surface area contributed by atoms with Crippen LogP contribution in [0.25, 0.3) is 10.8 Å². The zero-order valence-electron chi connectivity index (χ0n) is 17.8. The van der Waals surface area contributed by atoms with Crippen molar-refractivity contribution in [1.82, 2.24) is 0 Å². The van der Waals surface area contributed by atoms with Crippen LogP contribution in [0.4, 0.5) is 10.5 Å². The average Bonchev–Trinajstić information content (AvgIpc) is 2.77. The van der Waals surface area contributed by atoms with Crippen LogP contribution in [0.15, 0.2) is 75.7 Å². The fraction of sp³-hybridized carbons (Fsp3) is 0.200. The molecule has 0 aliphatic rings. The minimum atomic E-state index is -1.02. The highest BCUT2D eigenvalue weighted by molar-refractivity contribution is 9.11. The third-order valence-electron chi connectivity index (χ3n) is 5.19. The highest BCUT2D eigenvalue weighted by Gasteiger charge is 2.27. The maximum absolute atomic E-state index is 12.9. The Labute approximate surface area is 208 Å². The van der Waals surface area contributed by atoms with Crippen molar-refractivity contribution >= 4 is 60.4 Å². The summed E-state index contributed by atoms with van der Waals surface area (Å²) >= 11 is 6.75. The first-order chi connectivity index (χ1) is 15.8. The van der Waals surface area contributed by atoms with Crippen LogP contribution in [-0.2, 0) is 9.53 Å². The van der Waals surface area contributed by atoms with Gasteiger partial charge in [-0.15, -0.1) is 0 Å². The lowest BCUT2D eigenvalue weighted by molar-refractivity contribution is -0.131. The largest absolute Gasteiger partial charge is 0.506 e. The quantitative estimate of drug-likeness (QED) is 0.242. The Hall–Kier alpha value is -2.84. The molecular formula is C25H23Br2NO5. The summed E-state index contributed by atoms with van der Waals surface area (Å²) < 4.78 is 7.01. The minimum absolute atomic E-state index is 0.0194. The van der Waals surface area contributed by atoms with Crippen LogP contribution in [0.2, 0.25) is 0 Å². The van der Waals surface area contributed by atoms with Gasteiger partial charge in [0.25, 0.3) is 0 Å². The number of fused-ring (bicyclic) bond motifs is 1. The standard InChI is InChI=1S/C25H23Br2NO5/c1-15(7-2-5-12-22(29)30)24(19-13-17(26)14-20(27)23(19)31)33-25(32)28-21-11-6-9-16-8-3-4-10-18(16)21/h3-6,8-15,24,31H,2,7H2,1H3,(H,28,32)(H,29,30)/b12-5+/t15-,24+/m1/s1. The Kier molecular flexibility index (Phi) is 8.52. The van der Waals surface area contributed by atoms with Gasteiger partial charge >= 0.3 is 12.1 Å². The number of carboxylic acid groups (broad SMARTS) is 1. The SMILES string of the molecule is C[C@H](CC/C=C/C(=O)O)[C@H](OC(=O)Nc1cccc2ccccc12)c1cc(Br)cc(Br)c1O. The molecule has 0 heterocycles. The van der Waals surface area contributed by atoms with E-state index in [1.54, 1.807) is 24.3 Å². The normalized spacial score (nSPS) is 13.1. The molecule has 1 amide bonds. The second kappa shape index (κ2) is 11.3. The Morgan fingerprint density at radius 1 is 1.12 bits per heavy atom. The van der Waals surface area contributed by atoms with E-state index in [-0.39, 0.29) is 11.7 Å². The lowest BCUT2D eigenvalue weighted by atomic mass is 9.92. The van der Waals surface area contributed by atoms with E-state index in [4.69, 9.17) is 9.84 Å². The van der Waals surface area contributed by atoms with Gasteiger partial charge in [0, 0.05) is 21.5 Å². The van der Waals surface area contributed by atoms with E-state index in [2.05, 4.69) is 37.2 Å². The predicted molar refractivity (Wildman–Crippen MR) is 135 cm³/mol. The smallest absolute Gasteiger partial charge is 0.412 e. The van der Waals surface area contributed by atoms with Crippen molar-refractivity contribution in [2.75, 3.05) is 5.32 Å². The molecule has 0 unspecified atom stereocenters. The molecular weight excluding hydrogens is 554 g/mol. The van der Waals surface area contributed by atoms with Gasteiger partial charge in [-0.25, -0.2) is 9.59 Å². The monoisotopic (exact) mass is 575 g/mol. The van der Waals surface area contributed by atoms with Crippen molar-refractivity contribution in [2.45, 2.75) is 25.9 Å². The number of halogens is 2. The highest BCUT2D eigenvalue weighted by Crippen LogP contribution is 2.41. The Morgan fingerprint density at radius 3 is 2.61 bits per heavy atom. The lowest BCUT2D eigenvalue weighted by Gasteiger charge is -2.26. The van der Waals surface area contributed by atoms with E-state index in [0.29, 0.717) is 33.0 Å². The van der Waals surface area contributed by atoms with Crippen LogP contribution in [0.1, 0.15) is 31.4 Å². The van der Waals surface area contributed by atoms with Gasteiger partial charge in [-0.3, -0.25) is 5.32 Å². The van der Waals surface area contributed by atoms with E-state index in [0.717, 1.165) is 16.8 Å². The van der Waals surface area contributed by atoms with Crippen LogP contribution < -0.4 is 5.32 Å². The lowest BCUT2D eigenvalue weighted by Crippen LogP contribution is -2.22. The number of rotatable bonds is 8. The second-order valence-electron chi connectivity index (χ2n) is 7.60. The molecule has 3 rings (SSSR count). The number of carbonyl (C=O) groups excluding carboxylic acids is 1. The fourth-order valence-corrected chi connectivity index (χ4v) is 4.83. The van der Waals surface area contributed by atoms with Crippen molar-refractivity contribution in [3.8, 4) is 5.75 Å². The van der Waals surface area contributed by atoms with E-state index >= 15 is 0 Å². The summed E-state index contributed by atoms with van der Waals surface area (Å²) in [7, 11) is 0. The van der Waals surface area contributed by atoms with E-state index in [9.17, 15) is 14.7 Å². The molecule has 2 atom stereocenters. The summed E-state index contributed by atoms with van der Waals surface area (Å²) in [6, 6.07) is 16.7. The molecule has 0 spiro atoms. The molecule has 0 saturated carbocycles. The molecule has 172 valence electrons. The van der Waals surface area contributed by atoms with Gasteiger partial charge in [0.2, 0.25) is 0 Å². The number of amides is 1. The number of allylic oxidation sites excluding steroid dienone is 1. The van der Waals surface area contributed by atoms with Crippen LogP contribution in [0.5, 0.6) is 5.75 Å². The predicted octanol–water partition coefficient (Wildman–Crippen LogP) is 7.42. The molecule has 0 bridgehead atoms. The first-order valence-electron chi connectivity index (χ1n) is 10.3. The molecule has 0 fully saturated rings. The van der Waals surface area contributed by atoms with Crippen molar-refractivity contribution < 1.29 is 24.5 Å². The number of nitrogens with one attached hydrogen (secondary N) is 1. The number of carboxylic acids is 1. The number of benzene rings is 3.